The number of aliphatic imine (C=N–C) groups is 1. The van der Waals surface area contributed by atoms with Gasteiger partial charge in [0.05, 0.1) is 12.5 Å². The van der Waals surface area contributed by atoms with Gasteiger partial charge in [0, 0.05) is 13.0 Å². The molecule has 5 atom stereocenters. The van der Waals surface area contributed by atoms with Gasteiger partial charge in [0.25, 0.3) is 0 Å². The lowest BCUT2D eigenvalue weighted by Crippen LogP contribution is -2.59. The number of phenols is 1. The molecule has 0 aliphatic carbocycles. The summed E-state index contributed by atoms with van der Waals surface area (Å²) in [5.74, 6) is -6.91. The Morgan fingerprint density at radius 2 is 1.35 bits per heavy atom. The van der Waals surface area contributed by atoms with Crippen molar-refractivity contribution in [1.29, 1.82) is 0 Å². The fourth-order valence-corrected chi connectivity index (χ4v) is 4.47. The summed E-state index contributed by atoms with van der Waals surface area (Å²) in [4.78, 5) is 80.0. The van der Waals surface area contributed by atoms with Crippen molar-refractivity contribution in [3.63, 3.8) is 0 Å². The van der Waals surface area contributed by atoms with E-state index in [1.807, 2.05) is 0 Å². The number of carbonyl (C=O) groups is 6. The minimum absolute atomic E-state index is 0.0240. The van der Waals surface area contributed by atoms with Gasteiger partial charge < -0.3 is 59.5 Å². The van der Waals surface area contributed by atoms with E-state index in [1.54, 1.807) is 13.8 Å². The third kappa shape index (κ3) is 15.5. The second-order valence-electron chi connectivity index (χ2n) is 11.6. The summed E-state index contributed by atoms with van der Waals surface area (Å²) < 4.78 is 0. The van der Waals surface area contributed by atoms with Gasteiger partial charge in [-0.25, -0.2) is 4.79 Å². The third-order valence-corrected chi connectivity index (χ3v) is 7.13. The zero-order chi connectivity index (χ0) is 36.4. The van der Waals surface area contributed by atoms with Gasteiger partial charge in [-0.05, 0) is 62.3 Å². The highest BCUT2D eigenvalue weighted by Crippen LogP contribution is 2.13. The largest absolute Gasteiger partial charge is 0.508 e. The van der Waals surface area contributed by atoms with Gasteiger partial charge in [-0.15, -0.1) is 0 Å². The van der Waals surface area contributed by atoms with E-state index in [4.69, 9.17) is 22.9 Å². The molecule has 0 aliphatic heterocycles. The Bertz CT molecular complexity index is 1270. The second kappa shape index (κ2) is 21.0. The Labute approximate surface area is 278 Å². The van der Waals surface area contributed by atoms with E-state index in [1.165, 1.54) is 24.3 Å². The molecule has 18 nitrogen and oxygen atoms in total. The minimum atomic E-state index is -1.67. The number of carbonyl (C=O) groups excluding carboxylic acids is 4. The Balaban J connectivity index is 3.07. The molecule has 18 heteroatoms. The van der Waals surface area contributed by atoms with E-state index in [9.17, 15) is 44.1 Å². The van der Waals surface area contributed by atoms with Crippen LogP contribution in [0.5, 0.6) is 5.75 Å². The van der Waals surface area contributed by atoms with Gasteiger partial charge in [0.2, 0.25) is 23.6 Å². The van der Waals surface area contributed by atoms with Crippen LogP contribution in [0.15, 0.2) is 29.3 Å². The van der Waals surface area contributed by atoms with Crippen molar-refractivity contribution in [3.8, 4) is 5.75 Å². The van der Waals surface area contributed by atoms with Crippen LogP contribution in [0.25, 0.3) is 0 Å². The molecule has 0 bridgehead atoms. The summed E-state index contributed by atoms with van der Waals surface area (Å²) in [6, 6.07) is -0.880. The molecule has 1 rings (SSSR count). The number of nitrogens with two attached hydrogens (primary N) is 4. The minimum Gasteiger partial charge on any atom is -0.508 e. The van der Waals surface area contributed by atoms with Crippen LogP contribution in [0.3, 0.4) is 0 Å². The lowest BCUT2D eigenvalue weighted by atomic mass is 10.0. The molecule has 48 heavy (non-hydrogen) atoms. The maximum Gasteiger partial charge on any atom is 0.326 e. The Morgan fingerprint density at radius 3 is 1.90 bits per heavy atom. The fourth-order valence-electron chi connectivity index (χ4n) is 4.47. The summed E-state index contributed by atoms with van der Waals surface area (Å²) in [7, 11) is 0. The number of nitrogens with zero attached hydrogens (tertiary/aromatic N) is 1. The maximum atomic E-state index is 13.3. The van der Waals surface area contributed by atoms with Crippen molar-refractivity contribution >= 4 is 41.5 Å². The normalized spacial score (nSPS) is 14.0. The number of hydrogen-bond acceptors (Lipinski definition) is 10. The molecule has 0 radical (unpaired) electrons. The number of unbranched alkanes of at least 4 members (excludes halogenated alkanes) is 1. The summed E-state index contributed by atoms with van der Waals surface area (Å²) >= 11 is 0. The molecule has 1 aromatic carbocycles. The Morgan fingerprint density at radius 1 is 0.771 bits per heavy atom. The monoisotopic (exact) mass is 679 g/mol. The van der Waals surface area contributed by atoms with Crippen molar-refractivity contribution in [2.24, 2.45) is 33.8 Å². The number of aromatic hydroxyl groups is 1. The third-order valence-electron chi connectivity index (χ3n) is 7.13. The van der Waals surface area contributed by atoms with E-state index < -0.39 is 78.1 Å². The summed E-state index contributed by atoms with van der Waals surface area (Å²) in [5, 5.41) is 38.4. The first-order valence-electron chi connectivity index (χ1n) is 15.5. The van der Waals surface area contributed by atoms with Crippen LogP contribution in [0.4, 0.5) is 0 Å². The van der Waals surface area contributed by atoms with Crippen molar-refractivity contribution < 1.29 is 44.1 Å². The van der Waals surface area contributed by atoms with Crippen molar-refractivity contribution in [2.75, 3.05) is 13.1 Å². The fraction of sp³-hybridized carbons (Fsp3) is 0.567. The number of carboxylic acid groups (broad SMARTS) is 2. The number of guanidine groups is 1. The molecule has 0 saturated heterocycles. The molecule has 268 valence electrons. The zero-order valence-corrected chi connectivity index (χ0v) is 27.2. The number of aliphatic carboxylic acids is 2. The van der Waals surface area contributed by atoms with E-state index in [0.29, 0.717) is 31.4 Å². The highest BCUT2D eigenvalue weighted by Gasteiger charge is 2.34. The molecule has 4 amide bonds. The van der Waals surface area contributed by atoms with E-state index in [2.05, 4.69) is 26.3 Å². The lowest BCUT2D eigenvalue weighted by molar-refractivity contribution is -0.143. The number of hydrogen-bond donors (Lipinski definition) is 11. The first-order valence-corrected chi connectivity index (χ1v) is 15.5. The molecule has 0 aliphatic rings. The van der Waals surface area contributed by atoms with Crippen molar-refractivity contribution in [3.05, 3.63) is 29.8 Å². The number of benzene rings is 1. The number of amides is 4. The molecule has 15 N–H and O–H groups in total. The Hall–Kier alpha value is -4.97. The average Bonchev–Trinajstić information content (AvgIpc) is 3.00. The van der Waals surface area contributed by atoms with Crippen molar-refractivity contribution in [2.45, 2.75) is 89.0 Å². The summed E-state index contributed by atoms with van der Waals surface area (Å²) in [6.07, 6.45) is 0.608. The first kappa shape index (κ1) is 41.1. The van der Waals surface area contributed by atoms with Crippen LogP contribution in [0.2, 0.25) is 0 Å². The van der Waals surface area contributed by atoms with Crippen LogP contribution in [0, 0.1) is 5.92 Å². The highest BCUT2D eigenvalue weighted by molar-refractivity contribution is 5.96. The smallest absolute Gasteiger partial charge is 0.326 e. The van der Waals surface area contributed by atoms with Gasteiger partial charge in [0.1, 0.15) is 29.9 Å². The molecule has 1 aromatic rings. The SMILES string of the molecule is CC(C)[C@@H](NC(=O)[C@@H](CC(=O)O)NC(=O)[C@@H](CCCCN)NC(=O)[C@H](N)CCCN=C(N)N)C(=O)N[C@@H](Cc1ccc(O)cc1)C(=O)O. The number of rotatable bonds is 22. The Kier molecular flexibility index (Phi) is 18.0. The second-order valence-corrected chi connectivity index (χ2v) is 11.6. The topological polar surface area (TPSA) is 328 Å². The summed E-state index contributed by atoms with van der Waals surface area (Å²) in [5.41, 5.74) is 22.6. The number of nitrogens with one attached hydrogen (secondary N) is 4. The standard InChI is InChI=1S/C30H49N9O9/c1-16(2)24(28(46)38-22(29(47)48)14-17-8-10-18(40)11-9-17)39-27(45)21(15-23(41)42)37-26(44)20(7-3-4-12-31)36-25(43)19(32)6-5-13-35-30(33)34/h8-11,16,19-22,24,40H,3-7,12-15,31-32H2,1-2H3,(H,36,43)(H,37,44)(H,38,46)(H,39,45)(H,41,42)(H,47,48)(H4,33,34,35)/t19-,20-,21-,22+,24-/m1/s1. The van der Waals surface area contributed by atoms with E-state index >= 15 is 0 Å². The predicted molar refractivity (Wildman–Crippen MR) is 175 cm³/mol. The maximum absolute atomic E-state index is 13.3. The quantitative estimate of drug-likeness (QED) is 0.0346. The zero-order valence-electron chi connectivity index (χ0n) is 27.2. The summed E-state index contributed by atoms with van der Waals surface area (Å²) in [6.45, 7) is 3.71. The van der Waals surface area contributed by atoms with Crippen LogP contribution in [-0.4, -0.2) is 100 Å². The molecule has 0 fully saturated rings. The molecule has 0 saturated carbocycles. The molecule has 0 spiro atoms. The predicted octanol–water partition coefficient (Wildman–Crippen LogP) is -2.40. The van der Waals surface area contributed by atoms with Gasteiger partial charge in [-0.2, -0.15) is 0 Å². The number of carboxylic acids is 2. The number of phenolic OH excluding ortho intramolecular Hbond substituents is 1. The average molecular weight is 680 g/mol. The first-order chi connectivity index (χ1) is 22.5. The lowest BCUT2D eigenvalue weighted by Gasteiger charge is -2.27. The molecule has 0 heterocycles. The molecule has 0 unspecified atom stereocenters. The van der Waals surface area contributed by atoms with Crippen LogP contribution in [0.1, 0.15) is 57.9 Å². The molecular weight excluding hydrogens is 630 g/mol. The van der Waals surface area contributed by atoms with Gasteiger partial charge in [-0.3, -0.25) is 29.0 Å². The van der Waals surface area contributed by atoms with Crippen LogP contribution >= 0.6 is 0 Å². The molecule has 0 aromatic heterocycles. The van der Waals surface area contributed by atoms with Crippen molar-refractivity contribution in [1.82, 2.24) is 21.3 Å². The van der Waals surface area contributed by atoms with Gasteiger partial charge in [-0.1, -0.05) is 26.0 Å². The van der Waals surface area contributed by atoms with E-state index in [-0.39, 0.29) is 37.5 Å². The highest BCUT2D eigenvalue weighted by atomic mass is 16.4. The van der Waals surface area contributed by atoms with E-state index in [0.717, 1.165) is 0 Å². The van der Waals surface area contributed by atoms with Gasteiger partial charge >= 0.3 is 11.9 Å². The molecular formula is C30H49N9O9. The van der Waals surface area contributed by atoms with Crippen LogP contribution < -0.4 is 44.2 Å². The van der Waals surface area contributed by atoms with Crippen LogP contribution in [-0.2, 0) is 35.2 Å². The van der Waals surface area contributed by atoms with Gasteiger partial charge in [0.15, 0.2) is 5.96 Å².